The Kier molecular flexibility index (Phi) is 6.08. The Morgan fingerprint density at radius 1 is 1.04 bits per heavy atom. The van der Waals surface area contributed by atoms with E-state index in [9.17, 15) is 13.2 Å². The highest BCUT2D eigenvalue weighted by Gasteiger charge is 2.31. The van der Waals surface area contributed by atoms with Gasteiger partial charge in [0.05, 0.1) is 11.9 Å². The van der Waals surface area contributed by atoms with Gasteiger partial charge in [0.2, 0.25) is 15.9 Å². The van der Waals surface area contributed by atoms with Gasteiger partial charge in [0.15, 0.2) is 0 Å². The van der Waals surface area contributed by atoms with E-state index in [1.807, 2.05) is 45.0 Å². The Balaban J connectivity index is 2.39. The number of aryl methyl sites for hydroxylation is 3. The molecule has 0 aliphatic carbocycles. The largest absolute Gasteiger partial charge is 0.324 e. The van der Waals surface area contributed by atoms with Crippen LogP contribution < -0.4 is 9.62 Å². The van der Waals surface area contributed by atoms with E-state index in [1.165, 1.54) is 4.31 Å². The number of carbonyl (C=O) groups is 1. The molecule has 1 N–H and O–H groups in total. The molecule has 0 aliphatic rings. The third-order valence-electron chi connectivity index (χ3n) is 4.08. The van der Waals surface area contributed by atoms with Crippen molar-refractivity contribution in [2.75, 3.05) is 15.9 Å². The summed E-state index contributed by atoms with van der Waals surface area (Å²) in [6.45, 7) is 7.60. The van der Waals surface area contributed by atoms with Gasteiger partial charge >= 0.3 is 0 Å². The van der Waals surface area contributed by atoms with Gasteiger partial charge in [0.1, 0.15) is 6.04 Å². The molecule has 0 saturated carbocycles. The number of hydrogen-bond donors (Lipinski definition) is 1. The van der Waals surface area contributed by atoms with Crippen LogP contribution in [0.4, 0.5) is 11.4 Å². The molecular weight excluding hydrogens is 348 g/mol. The molecule has 1 unspecified atom stereocenters. The predicted molar refractivity (Wildman–Crippen MR) is 107 cm³/mol. The molecule has 1 amide bonds. The van der Waals surface area contributed by atoms with Crippen molar-refractivity contribution in [1.82, 2.24) is 0 Å². The van der Waals surface area contributed by atoms with E-state index in [0.29, 0.717) is 17.8 Å². The summed E-state index contributed by atoms with van der Waals surface area (Å²) >= 11 is 0. The summed E-state index contributed by atoms with van der Waals surface area (Å²) in [6.07, 6.45) is 1.49. The molecule has 0 heterocycles. The van der Waals surface area contributed by atoms with Crippen LogP contribution in [0.1, 0.15) is 30.0 Å². The lowest BCUT2D eigenvalue weighted by molar-refractivity contribution is -0.117. The van der Waals surface area contributed by atoms with E-state index in [-0.39, 0.29) is 5.91 Å². The number of hydrogen-bond acceptors (Lipinski definition) is 3. The Morgan fingerprint density at radius 2 is 1.65 bits per heavy atom. The second-order valence-electron chi connectivity index (χ2n) is 6.69. The first-order valence-corrected chi connectivity index (χ1v) is 10.4. The first-order valence-electron chi connectivity index (χ1n) is 8.57. The minimum Gasteiger partial charge on any atom is -0.324 e. The number of amides is 1. The van der Waals surface area contributed by atoms with Crippen LogP contribution in [-0.2, 0) is 14.8 Å². The van der Waals surface area contributed by atoms with Crippen molar-refractivity contribution < 1.29 is 13.2 Å². The van der Waals surface area contributed by atoms with E-state index in [0.717, 1.165) is 22.9 Å². The first kappa shape index (κ1) is 20.0. The SMILES string of the molecule is CCC(C(=O)Nc1cc(C)cc(C)c1)N(c1cccc(C)c1)S(C)(=O)=O. The lowest BCUT2D eigenvalue weighted by Crippen LogP contribution is -2.47. The lowest BCUT2D eigenvalue weighted by Gasteiger charge is -2.30. The van der Waals surface area contributed by atoms with Crippen LogP contribution in [0.2, 0.25) is 0 Å². The third-order valence-corrected chi connectivity index (χ3v) is 5.25. The Hall–Kier alpha value is -2.34. The van der Waals surface area contributed by atoms with Gasteiger partial charge in [-0.2, -0.15) is 0 Å². The van der Waals surface area contributed by atoms with Crippen molar-refractivity contribution >= 4 is 27.3 Å². The number of nitrogens with zero attached hydrogens (tertiary/aromatic N) is 1. The maximum atomic E-state index is 12.9. The fourth-order valence-electron chi connectivity index (χ4n) is 3.10. The molecule has 2 rings (SSSR count). The molecular formula is C20H26N2O3S. The highest BCUT2D eigenvalue weighted by Crippen LogP contribution is 2.24. The minimum absolute atomic E-state index is 0.343. The summed E-state index contributed by atoms with van der Waals surface area (Å²) in [4.78, 5) is 12.9. The van der Waals surface area contributed by atoms with Crippen molar-refractivity contribution in [2.45, 2.75) is 40.2 Å². The molecule has 0 spiro atoms. The fourth-order valence-corrected chi connectivity index (χ4v) is 4.30. The molecule has 0 aliphatic heterocycles. The summed E-state index contributed by atoms with van der Waals surface area (Å²) < 4.78 is 26.1. The van der Waals surface area contributed by atoms with Crippen molar-refractivity contribution in [3.8, 4) is 0 Å². The molecule has 0 radical (unpaired) electrons. The number of anilines is 2. The van der Waals surface area contributed by atoms with E-state index in [2.05, 4.69) is 5.32 Å². The lowest BCUT2D eigenvalue weighted by atomic mass is 10.1. The molecule has 5 nitrogen and oxygen atoms in total. The van der Waals surface area contributed by atoms with E-state index in [1.54, 1.807) is 25.1 Å². The molecule has 0 fully saturated rings. The van der Waals surface area contributed by atoms with Gasteiger partial charge in [0.25, 0.3) is 0 Å². The average molecular weight is 375 g/mol. The van der Waals surface area contributed by atoms with Crippen LogP contribution in [0.3, 0.4) is 0 Å². The maximum Gasteiger partial charge on any atom is 0.248 e. The fraction of sp³-hybridized carbons (Fsp3) is 0.350. The Labute approximate surface area is 156 Å². The van der Waals surface area contributed by atoms with Gasteiger partial charge in [-0.25, -0.2) is 8.42 Å². The molecule has 2 aromatic carbocycles. The number of nitrogens with one attached hydrogen (secondary N) is 1. The standard InChI is InChI=1S/C20H26N2O3S/c1-6-19(20(23)21-17-11-15(3)10-16(4)12-17)22(26(5,24)25)18-9-7-8-14(2)13-18/h7-13,19H,6H2,1-5H3,(H,21,23). The van der Waals surface area contributed by atoms with Crippen LogP contribution in [0.5, 0.6) is 0 Å². The Morgan fingerprint density at radius 3 is 2.15 bits per heavy atom. The number of sulfonamides is 1. The van der Waals surface area contributed by atoms with Crippen molar-refractivity contribution in [1.29, 1.82) is 0 Å². The zero-order valence-corrected chi connectivity index (χ0v) is 16.7. The van der Waals surface area contributed by atoms with Crippen molar-refractivity contribution in [3.05, 3.63) is 59.2 Å². The number of benzene rings is 2. The van der Waals surface area contributed by atoms with E-state index in [4.69, 9.17) is 0 Å². The summed E-state index contributed by atoms with van der Waals surface area (Å²) in [7, 11) is -3.63. The zero-order chi connectivity index (χ0) is 19.5. The summed E-state index contributed by atoms with van der Waals surface area (Å²) in [5, 5.41) is 2.87. The second kappa shape index (κ2) is 7.91. The number of carbonyl (C=O) groups excluding carboxylic acids is 1. The summed E-state index contributed by atoms with van der Waals surface area (Å²) in [6, 6.07) is 12.1. The minimum atomic E-state index is -3.63. The van der Waals surface area contributed by atoms with Gasteiger partial charge in [-0.3, -0.25) is 9.10 Å². The van der Waals surface area contributed by atoms with Gasteiger partial charge in [-0.05, 0) is 68.1 Å². The van der Waals surface area contributed by atoms with Crippen LogP contribution in [0.25, 0.3) is 0 Å². The summed E-state index contributed by atoms with van der Waals surface area (Å²) in [5.41, 5.74) is 4.17. The van der Waals surface area contributed by atoms with E-state index >= 15 is 0 Å². The number of rotatable bonds is 6. The van der Waals surface area contributed by atoms with Crippen molar-refractivity contribution in [3.63, 3.8) is 0 Å². The van der Waals surface area contributed by atoms with Gasteiger partial charge < -0.3 is 5.32 Å². The maximum absolute atomic E-state index is 12.9. The normalized spacial score (nSPS) is 12.5. The zero-order valence-electron chi connectivity index (χ0n) is 15.9. The van der Waals surface area contributed by atoms with E-state index < -0.39 is 16.1 Å². The second-order valence-corrected chi connectivity index (χ2v) is 8.55. The molecule has 0 bridgehead atoms. The van der Waals surface area contributed by atoms with Gasteiger partial charge in [-0.15, -0.1) is 0 Å². The predicted octanol–water partition coefficient (Wildman–Crippen LogP) is 3.80. The molecule has 0 saturated heterocycles. The topological polar surface area (TPSA) is 66.5 Å². The van der Waals surface area contributed by atoms with Crippen LogP contribution in [-0.4, -0.2) is 26.6 Å². The van der Waals surface area contributed by atoms with Gasteiger partial charge in [-0.1, -0.05) is 25.1 Å². The van der Waals surface area contributed by atoms with Crippen molar-refractivity contribution in [2.24, 2.45) is 0 Å². The molecule has 1 atom stereocenters. The van der Waals surface area contributed by atoms with Gasteiger partial charge in [0, 0.05) is 5.69 Å². The summed E-state index contributed by atoms with van der Waals surface area (Å²) in [5.74, 6) is -0.343. The molecule has 6 heteroatoms. The van der Waals surface area contributed by atoms with Crippen LogP contribution in [0, 0.1) is 20.8 Å². The quantitative estimate of drug-likeness (QED) is 0.836. The molecule has 0 aromatic heterocycles. The smallest absolute Gasteiger partial charge is 0.248 e. The third kappa shape index (κ3) is 4.85. The van der Waals surface area contributed by atoms with Crippen LogP contribution in [0.15, 0.2) is 42.5 Å². The highest BCUT2D eigenvalue weighted by molar-refractivity contribution is 7.92. The average Bonchev–Trinajstić information content (AvgIpc) is 2.49. The first-order chi connectivity index (χ1) is 12.1. The van der Waals surface area contributed by atoms with Crippen LogP contribution >= 0.6 is 0 Å². The Bertz CT molecular complexity index is 887. The monoisotopic (exact) mass is 374 g/mol. The molecule has 26 heavy (non-hydrogen) atoms. The molecule has 2 aromatic rings. The highest BCUT2D eigenvalue weighted by atomic mass is 32.2. The molecule has 140 valence electrons.